The van der Waals surface area contributed by atoms with Gasteiger partial charge in [-0.25, -0.2) is 10.2 Å². The van der Waals surface area contributed by atoms with Crippen molar-refractivity contribution in [1.82, 2.24) is 10.7 Å². The number of hydrazine groups is 1. The van der Waals surface area contributed by atoms with Gasteiger partial charge in [0.1, 0.15) is 0 Å². The van der Waals surface area contributed by atoms with Gasteiger partial charge in [-0.1, -0.05) is 0 Å². The molecule has 0 saturated carbocycles. The van der Waals surface area contributed by atoms with Gasteiger partial charge in [0.2, 0.25) is 11.4 Å². The summed E-state index contributed by atoms with van der Waals surface area (Å²) in [6.07, 6.45) is -0.475. The van der Waals surface area contributed by atoms with Gasteiger partial charge in [0.05, 0.1) is 6.42 Å². The van der Waals surface area contributed by atoms with Crippen molar-refractivity contribution in [2.75, 3.05) is 0 Å². The molecule has 1 aliphatic heterocycles. The van der Waals surface area contributed by atoms with Crippen LogP contribution in [0.25, 0.3) is 0 Å². The zero-order valence-electron chi connectivity index (χ0n) is 5.96. The van der Waals surface area contributed by atoms with Crippen LogP contribution < -0.4 is 16.6 Å². The van der Waals surface area contributed by atoms with E-state index in [2.05, 4.69) is 0 Å². The molecule has 7 heteroatoms. The fourth-order valence-corrected chi connectivity index (χ4v) is 0.950. The van der Waals surface area contributed by atoms with E-state index in [0.29, 0.717) is 0 Å². The third-order valence-corrected chi connectivity index (χ3v) is 1.68. The summed E-state index contributed by atoms with van der Waals surface area (Å²) in [6.45, 7) is 0. The second kappa shape index (κ2) is 2.54. The largest absolute Gasteiger partial charge is 0.479 e. The molecule has 1 heterocycles. The summed E-state index contributed by atoms with van der Waals surface area (Å²) in [6, 6.07) is 0. The number of carbonyl (C=O) groups is 3. The average Bonchev–Trinajstić information content (AvgIpc) is 2.26. The van der Waals surface area contributed by atoms with Crippen LogP contribution in [0, 0.1) is 0 Å². The molecule has 0 aliphatic carbocycles. The van der Waals surface area contributed by atoms with Crippen LogP contribution in [0.5, 0.6) is 0 Å². The fourth-order valence-electron chi connectivity index (χ4n) is 0.950. The number of aliphatic carboxylic acids is 1. The highest BCUT2D eigenvalue weighted by atomic mass is 16.4. The molecule has 0 radical (unpaired) electrons. The van der Waals surface area contributed by atoms with E-state index in [4.69, 9.17) is 10.9 Å². The number of carbonyl (C=O) groups excluding carboxylic acids is 2. The second-order valence-electron chi connectivity index (χ2n) is 2.41. The topological polar surface area (TPSA) is 122 Å². The van der Waals surface area contributed by atoms with Gasteiger partial charge in [-0.2, -0.15) is 0 Å². The molecule has 66 valence electrons. The molecule has 1 rings (SSSR count). The molecule has 12 heavy (non-hydrogen) atoms. The molecule has 0 aromatic heterocycles. The highest BCUT2D eigenvalue weighted by Gasteiger charge is 2.52. The number of nitrogens with two attached hydrogens (primary N) is 1. The van der Waals surface area contributed by atoms with Crippen LogP contribution in [0.3, 0.4) is 0 Å². The zero-order valence-corrected chi connectivity index (χ0v) is 5.96. The van der Waals surface area contributed by atoms with Crippen LogP contribution in [0.15, 0.2) is 0 Å². The fraction of sp³-hybridized carbons (Fsp3) is 0.400. The lowest BCUT2D eigenvalue weighted by molar-refractivity contribution is -0.149. The van der Waals surface area contributed by atoms with Crippen molar-refractivity contribution in [2.24, 2.45) is 5.84 Å². The van der Waals surface area contributed by atoms with E-state index in [1.165, 1.54) is 0 Å². The normalized spacial score (nSPS) is 28.8. The Kier molecular flexibility index (Phi) is 1.82. The lowest BCUT2D eigenvalue weighted by Gasteiger charge is -2.17. The van der Waals surface area contributed by atoms with Crippen LogP contribution in [0.4, 0.5) is 0 Å². The molecule has 1 aliphatic rings. The van der Waals surface area contributed by atoms with E-state index in [1.54, 1.807) is 0 Å². The standard InChI is InChI=1S/C5H7N3O4/c6-8-5(4(11)12)1-2(9)7-3(5)10/h8H,1,6H2,(H,11,12)(H,7,9,10). The second-order valence-corrected chi connectivity index (χ2v) is 2.41. The number of rotatable bonds is 2. The first-order valence-electron chi connectivity index (χ1n) is 3.08. The number of hydrogen-bond donors (Lipinski definition) is 4. The molecule has 0 aromatic rings. The van der Waals surface area contributed by atoms with Crippen LogP contribution in [-0.4, -0.2) is 28.4 Å². The summed E-state index contributed by atoms with van der Waals surface area (Å²) in [5.41, 5.74) is -0.164. The number of carboxylic acids is 1. The Morgan fingerprint density at radius 1 is 1.67 bits per heavy atom. The Balaban J connectivity index is 3.02. The maximum atomic E-state index is 10.9. The molecule has 2 amide bonds. The van der Waals surface area contributed by atoms with Gasteiger partial charge in [0.15, 0.2) is 0 Å². The number of nitrogens with one attached hydrogen (secondary N) is 2. The minimum Gasteiger partial charge on any atom is -0.479 e. The maximum Gasteiger partial charge on any atom is 0.335 e. The summed E-state index contributed by atoms with van der Waals surface area (Å²) in [5.74, 6) is 1.83. The van der Waals surface area contributed by atoms with Gasteiger partial charge in [-0.3, -0.25) is 20.7 Å². The van der Waals surface area contributed by atoms with E-state index in [-0.39, 0.29) is 0 Å². The van der Waals surface area contributed by atoms with Crippen LogP contribution in [-0.2, 0) is 14.4 Å². The Morgan fingerprint density at radius 3 is 2.42 bits per heavy atom. The Labute approximate surface area is 66.9 Å². The van der Waals surface area contributed by atoms with Crippen molar-refractivity contribution in [3.8, 4) is 0 Å². The zero-order chi connectivity index (χ0) is 9.35. The SMILES string of the molecule is NNC1(C(=O)O)CC(=O)NC1=O. The van der Waals surface area contributed by atoms with E-state index >= 15 is 0 Å². The predicted octanol–water partition coefficient (Wildman–Crippen LogP) is -2.68. The third kappa shape index (κ3) is 0.953. The van der Waals surface area contributed by atoms with Crippen molar-refractivity contribution in [3.63, 3.8) is 0 Å². The average molecular weight is 173 g/mol. The van der Waals surface area contributed by atoms with Gasteiger partial charge in [-0.05, 0) is 0 Å². The van der Waals surface area contributed by atoms with E-state index < -0.39 is 29.7 Å². The van der Waals surface area contributed by atoms with Gasteiger partial charge in [-0.15, -0.1) is 0 Å². The van der Waals surface area contributed by atoms with E-state index in [1.807, 2.05) is 10.7 Å². The van der Waals surface area contributed by atoms with Crippen molar-refractivity contribution >= 4 is 17.8 Å². The smallest absolute Gasteiger partial charge is 0.335 e. The number of imide groups is 1. The highest BCUT2D eigenvalue weighted by Crippen LogP contribution is 2.15. The van der Waals surface area contributed by atoms with Crippen LogP contribution in [0.2, 0.25) is 0 Å². The first-order valence-corrected chi connectivity index (χ1v) is 3.08. The van der Waals surface area contributed by atoms with Gasteiger partial charge in [0.25, 0.3) is 5.91 Å². The van der Waals surface area contributed by atoms with E-state index in [9.17, 15) is 14.4 Å². The number of carboxylic acid groups (broad SMARTS) is 1. The molecule has 5 N–H and O–H groups in total. The van der Waals surface area contributed by atoms with E-state index in [0.717, 1.165) is 0 Å². The quantitative estimate of drug-likeness (QED) is 0.156. The van der Waals surface area contributed by atoms with Gasteiger partial charge >= 0.3 is 5.97 Å². The van der Waals surface area contributed by atoms with Crippen LogP contribution in [0.1, 0.15) is 6.42 Å². The lowest BCUT2D eigenvalue weighted by atomic mass is 9.99. The molecule has 1 fully saturated rings. The predicted molar refractivity (Wildman–Crippen MR) is 35.5 cm³/mol. The summed E-state index contributed by atoms with van der Waals surface area (Å²) >= 11 is 0. The molecular formula is C5H7N3O4. The third-order valence-electron chi connectivity index (χ3n) is 1.68. The first-order chi connectivity index (χ1) is 5.53. The lowest BCUT2D eigenvalue weighted by Crippen LogP contribution is -2.59. The van der Waals surface area contributed by atoms with Crippen molar-refractivity contribution in [1.29, 1.82) is 0 Å². The van der Waals surface area contributed by atoms with Crippen molar-refractivity contribution in [3.05, 3.63) is 0 Å². The highest BCUT2D eigenvalue weighted by molar-refractivity contribution is 6.19. The van der Waals surface area contributed by atoms with Gasteiger partial charge in [0, 0.05) is 0 Å². The molecule has 1 saturated heterocycles. The minimum absolute atomic E-state index is 0.475. The summed E-state index contributed by atoms with van der Waals surface area (Å²) < 4.78 is 0. The van der Waals surface area contributed by atoms with Crippen molar-refractivity contribution < 1.29 is 19.5 Å². The molecular weight excluding hydrogens is 166 g/mol. The van der Waals surface area contributed by atoms with Gasteiger partial charge < -0.3 is 5.11 Å². The molecule has 0 spiro atoms. The Bertz CT molecular complexity index is 263. The Morgan fingerprint density at radius 2 is 2.25 bits per heavy atom. The molecule has 7 nitrogen and oxygen atoms in total. The number of amides is 2. The Hall–Kier alpha value is -1.47. The monoisotopic (exact) mass is 173 g/mol. The first kappa shape index (κ1) is 8.62. The molecule has 1 atom stereocenters. The summed E-state index contributed by atoms with van der Waals surface area (Å²) in [7, 11) is 0. The van der Waals surface area contributed by atoms with Crippen LogP contribution >= 0.6 is 0 Å². The summed E-state index contributed by atoms with van der Waals surface area (Å²) in [4.78, 5) is 32.1. The van der Waals surface area contributed by atoms with Crippen molar-refractivity contribution in [2.45, 2.75) is 12.0 Å². The summed E-state index contributed by atoms with van der Waals surface area (Å²) in [5, 5.41) is 10.4. The molecule has 0 bridgehead atoms. The number of hydrogen-bond acceptors (Lipinski definition) is 5. The molecule has 1 unspecified atom stereocenters. The minimum atomic E-state index is -1.99. The maximum absolute atomic E-state index is 10.9. The molecule has 0 aromatic carbocycles.